The zero-order valence-electron chi connectivity index (χ0n) is 6.34. The lowest BCUT2D eigenvalue weighted by molar-refractivity contribution is 0.197. The largest absolute Gasteiger partial charge is 0.391 e. The van der Waals surface area contributed by atoms with E-state index in [-0.39, 0.29) is 6.10 Å². The molecular formula is C7H15NOS. The zero-order chi connectivity index (χ0) is 7.82. The Morgan fingerprint density at radius 1 is 1.80 bits per heavy atom. The van der Waals surface area contributed by atoms with Gasteiger partial charge in [-0.1, -0.05) is 6.08 Å². The Labute approximate surface area is 66.7 Å². The first-order valence-corrected chi connectivity index (χ1v) is 4.69. The summed E-state index contributed by atoms with van der Waals surface area (Å²) in [7, 11) is 0. The molecule has 0 amide bonds. The van der Waals surface area contributed by atoms with Crippen LogP contribution in [-0.4, -0.2) is 36.3 Å². The van der Waals surface area contributed by atoms with Crippen molar-refractivity contribution in [3.8, 4) is 0 Å². The van der Waals surface area contributed by atoms with Crippen molar-refractivity contribution in [2.45, 2.75) is 6.10 Å². The SMILES string of the molecule is C=CCNCC(O)CSC. The molecule has 10 heavy (non-hydrogen) atoms. The van der Waals surface area contributed by atoms with Gasteiger partial charge in [0.15, 0.2) is 0 Å². The van der Waals surface area contributed by atoms with Crippen molar-refractivity contribution < 1.29 is 5.11 Å². The highest BCUT2D eigenvalue weighted by Gasteiger charge is 1.99. The van der Waals surface area contributed by atoms with Gasteiger partial charge < -0.3 is 10.4 Å². The number of hydrogen-bond donors (Lipinski definition) is 2. The number of aliphatic hydroxyl groups is 1. The zero-order valence-corrected chi connectivity index (χ0v) is 7.16. The second-order valence-electron chi connectivity index (χ2n) is 2.06. The van der Waals surface area contributed by atoms with Crippen LogP contribution in [0.2, 0.25) is 0 Å². The maximum atomic E-state index is 9.16. The fourth-order valence-corrected chi connectivity index (χ4v) is 1.11. The maximum Gasteiger partial charge on any atom is 0.0754 e. The molecule has 1 atom stereocenters. The second kappa shape index (κ2) is 7.12. The van der Waals surface area contributed by atoms with E-state index in [1.165, 1.54) is 0 Å². The summed E-state index contributed by atoms with van der Waals surface area (Å²) in [4.78, 5) is 0. The van der Waals surface area contributed by atoms with Gasteiger partial charge in [-0.15, -0.1) is 6.58 Å². The summed E-state index contributed by atoms with van der Waals surface area (Å²) in [6.45, 7) is 4.98. The summed E-state index contributed by atoms with van der Waals surface area (Å²) in [6.07, 6.45) is 3.54. The molecular weight excluding hydrogens is 146 g/mol. The van der Waals surface area contributed by atoms with Crippen molar-refractivity contribution in [2.75, 3.05) is 25.1 Å². The lowest BCUT2D eigenvalue weighted by Gasteiger charge is -2.07. The van der Waals surface area contributed by atoms with Gasteiger partial charge in [0.25, 0.3) is 0 Å². The van der Waals surface area contributed by atoms with Crippen LogP contribution in [0.25, 0.3) is 0 Å². The van der Waals surface area contributed by atoms with Gasteiger partial charge in [-0.05, 0) is 6.26 Å². The van der Waals surface area contributed by atoms with Crippen LogP contribution in [0, 0.1) is 0 Å². The van der Waals surface area contributed by atoms with Crippen molar-refractivity contribution in [3.63, 3.8) is 0 Å². The van der Waals surface area contributed by atoms with E-state index in [1.807, 2.05) is 6.26 Å². The van der Waals surface area contributed by atoms with Gasteiger partial charge in [0.2, 0.25) is 0 Å². The molecule has 0 aliphatic heterocycles. The van der Waals surface area contributed by atoms with E-state index < -0.39 is 0 Å². The van der Waals surface area contributed by atoms with Crippen molar-refractivity contribution in [3.05, 3.63) is 12.7 Å². The van der Waals surface area contributed by atoms with Crippen molar-refractivity contribution in [2.24, 2.45) is 0 Å². The van der Waals surface area contributed by atoms with Crippen molar-refractivity contribution in [1.82, 2.24) is 5.32 Å². The van der Waals surface area contributed by atoms with Crippen LogP contribution in [0.4, 0.5) is 0 Å². The average molecular weight is 161 g/mol. The number of hydrogen-bond acceptors (Lipinski definition) is 3. The molecule has 3 heteroatoms. The van der Waals surface area contributed by atoms with Gasteiger partial charge in [-0.3, -0.25) is 0 Å². The molecule has 0 aromatic carbocycles. The lowest BCUT2D eigenvalue weighted by atomic mass is 10.4. The van der Waals surface area contributed by atoms with Gasteiger partial charge in [-0.2, -0.15) is 11.8 Å². The fourth-order valence-electron chi connectivity index (χ4n) is 0.603. The minimum absolute atomic E-state index is 0.227. The molecule has 0 aliphatic carbocycles. The Morgan fingerprint density at radius 2 is 2.50 bits per heavy atom. The minimum Gasteiger partial charge on any atom is -0.391 e. The Hall–Kier alpha value is 0.0100. The van der Waals surface area contributed by atoms with E-state index in [4.69, 9.17) is 5.11 Å². The summed E-state index contributed by atoms with van der Waals surface area (Å²) in [6, 6.07) is 0. The summed E-state index contributed by atoms with van der Waals surface area (Å²) in [5.41, 5.74) is 0. The summed E-state index contributed by atoms with van der Waals surface area (Å²) in [5, 5.41) is 12.2. The third-order valence-electron chi connectivity index (χ3n) is 1.03. The standard InChI is InChI=1S/C7H15NOS/c1-3-4-8-5-7(9)6-10-2/h3,7-9H,1,4-6H2,2H3. The van der Waals surface area contributed by atoms with Gasteiger partial charge in [0.1, 0.15) is 0 Å². The van der Waals surface area contributed by atoms with Gasteiger partial charge >= 0.3 is 0 Å². The van der Waals surface area contributed by atoms with Crippen LogP contribution in [0.1, 0.15) is 0 Å². The molecule has 0 aromatic rings. The molecule has 0 saturated heterocycles. The Morgan fingerprint density at radius 3 is 3.00 bits per heavy atom. The predicted molar refractivity (Wildman–Crippen MR) is 47.5 cm³/mol. The second-order valence-corrected chi connectivity index (χ2v) is 2.97. The molecule has 60 valence electrons. The van der Waals surface area contributed by atoms with E-state index >= 15 is 0 Å². The number of thioether (sulfide) groups is 1. The first kappa shape index (κ1) is 10.0. The normalized spacial score (nSPS) is 13.0. The highest BCUT2D eigenvalue weighted by molar-refractivity contribution is 7.98. The third-order valence-corrected chi connectivity index (χ3v) is 1.75. The summed E-state index contributed by atoms with van der Waals surface area (Å²) >= 11 is 1.65. The third kappa shape index (κ3) is 6.13. The van der Waals surface area contributed by atoms with Crippen molar-refractivity contribution >= 4 is 11.8 Å². The van der Waals surface area contributed by atoms with Crippen LogP contribution in [0.5, 0.6) is 0 Å². The van der Waals surface area contributed by atoms with Crippen LogP contribution in [0.3, 0.4) is 0 Å². The molecule has 2 nitrogen and oxygen atoms in total. The number of aliphatic hydroxyl groups excluding tert-OH is 1. The summed E-state index contributed by atoms with van der Waals surface area (Å²) in [5.74, 6) is 0.796. The molecule has 0 rings (SSSR count). The highest BCUT2D eigenvalue weighted by Crippen LogP contribution is 1.94. The first-order valence-electron chi connectivity index (χ1n) is 3.30. The predicted octanol–water partition coefficient (Wildman–Crippen LogP) is 0.486. The first-order chi connectivity index (χ1) is 4.81. The average Bonchev–Trinajstić information content (AvgIpc) is 1.89. The van der Waals surface area contributed by atoms with Gasteiger partial charge in [-0.25, -0.2) is 0 Å². The Kier molecular flexibility index (Phi) is 7.13. The Bertz CT molecular complexity index is 87.7. The molecule has 0 aliphatic rings. The van der Waals surface area contributed by atoms with Gasteiger partial charge in [0, 0.05) is 18.8 Å². The smallest absolute Gasteiger partial charge is 0.0754 e. The molecule has 0 spiro atoms. The Balaban J connectivity index is 3.04. The van der Waals surface area contributed by atoms with Gasteiger partial charge in [0.05, 0.1) is 6.10 Å². The van der Waals surface area contributed by atoms with E-state index in [1.54, 1.807) is 17.8 Å². The highest BCUT2D eigenvalue weighted by atomic mass is 32.2. The van der Waals surface area contributed by atoms with Crippen molar-refractivity contribution in [1.29, 1.82) is 0 Å². The monoisotopic (exact) mass is 161 g/mol. The summed E-state index contributed by atoms with van der Waals surface area (Å²) < 4.78 is 0. The fraction of sp³-hybridized carbons (Fsp3) is 0.714. The van der Waals surface area contributed by atoms with Crippen LogP contribution in [-0.2, 0) is 0 Å². The molecule has 2 N–H and O–H groups in total. The van der Waals surface area contributed by atoms with Crippen LogP contribution in [0.15, 0.2) is 12.7 Å². The quantitative estimate of drug-likeness (QED) is 0.439. The van der Waals surface area contributed by atoms with E-state index in [0.29, 0.717) is 6.54 Å². The van der Waals surface area contributed by atoms with E-state index in [0.717, 1.165) is 12.3 Å². The molecule has 0 bridgehead atoms. The minimum atomic E-state index is -0.227. The number of nitrogens with one attached hydrogen (secondary N) is 1. The topological polar surface area (TPSA) is 32.3 Å². The molecule has 0 fully saturated rings. The molecule has 0 saturated carbocycles. The molecule has 0 radical (unpaired) electrons. The maximum absolute atomic E-state index is 9.16. The van der Waals surface area contributed by atoms with Crippen LogP contribution >= 0.6 is 11.8 Å². The van der Waals surface area contributed by atoms with E-state index in [2.05, 4.69) is 11.9 Å². The molecule has 0 aromatic heterocycles. The number of rotatable bonds is 6. The van der Waals surface area contributed by atoms with E-state index in [9.17, 15) is 0 Å². The van der Waals surface area contributed by atoms with Crippen LogP contribution < -0.4 is 5.32 Å². The lowest BCUT2D eigenvalue weighted by Crippen LogP contribution is -2.28. The molecule has 0 heterocycles. The molecule has 1 unspecified atom stereocenters.